The molecule has 0 saturated heterocycles. The van der Waals surface area contributed by atoms with E-state index in [9.17, 15) is 0 Å². The number of rotatable bonds is 9. The highest BCUT2D eigenvalue weighted by molar-refractivity contribution is 6.26. The minimum Gasteiger partial charge on any atom is -0.435 e. The molecule has 0 fully saturated rings. The molecule has 0 radical (unpaired) electrons. The molecular weight excluding hydrogens is 1550 g/mol. The van der Waals surface area contributed by atoms with E-state index in [4.69, 9.17) is 19.4 Å². The van der Waals surface area contributed by atoms with Gasteiger partial charge in [-0.05, 0) is 249 Å². The van der Waals surface area contributed by atoms with Gasteiger partial charge in [0.1, 0.15) is 11.2 Å². The zero-order valence-electron chi connectivity index (χ0n) is 69.3. The van der Waals surface area contributed by atoms with Crippen LogP contribution in [0.25, 0.3) is 269 Å². The van der Waals surface area contributed by atoms with Crippen LogP contribution in [0.3, 0.4) is 0 Å². The fraction of sp³-hybridized carbons (Fsp3) is 0. The van der Waals surface area contributed by atoms with Gasteiger partial charge in [0.05, 0.1) is 28.0 Å². The maximum Gasteiger partial charge on any atom is 0.292 e. The molecule has 4 heterocycles. The second-order valence-corrected chi connectivity index (χ2v) is 33.7. The Morgan fingerprint density at radius 3 is 0.922 bits per heavy atom. The normalized spacial score (nSPS) is 11.9. The fourth-order valence-electron chi connectivity index (χ4n) is 20.8. The number of benzene rings is 23. The molecule has 6 nitrogen and oxygen atoms in total. The molecule has 0 spiro atoms. The zero-order valence-corrected chi connectivity index (χ0v) is 69.3. The Bertz CT molecular complexity index is 9260. The smallest absolute Gasteiger partial charge is 0.292 e. The van der Waals surface area contributed by atoms with Crippen LogP contribution in [0.4, 0.5) is 0 Å². The first-order valence-corrected chi connectivity index (χ1v) is 43.8. The number of hydrogen-bond donors (Lipinski definition) is 1. The van der Waals surface area contributed by atoms with Crippen LogP contribution in [0.1, 0.15) is 0 Å². The van der Waals surface area contributed by atoms with Crippen molar-refractivity contribution in [1.82, 2.24) is 19.9 Å². The van der Waals surface area contributed by atoms with Crippen molar-refractivity contribution in [2.75, 3.05) is 0 Å². The van der Waals surface area contributed by atoms with Crippen molar-refractivity contribution in [2.45, 2.75) is 0 Å². The van der Waals surface area contributed by atoms with Crippen LogP contribution in [-0.4, -0.2) is 19.9 Å². The molecule has 6 heteroatoms. The van der Waals surface area contributed by atoms with Gasteiger partial charge < -0.3 is 4.42 Å². The van der Waals surface area contributed by atoms with Gasteiger partial charge in [0.2, 0.25) is 5.89 Å². The number of H-pyrrole nitrogens is 1. The summed E-state index contributed by atoms with van der Waals surface area (Å²) in [5.74, 6) is 1.65. The summed E-state index contributed by atoms with van der Waals surface area (Å²) in [5, 5.41) is 30.9. The summed E-state index contributed by atoms with van der Waals surface area (Å²) in [6, 6.07) is 160. The molecule has 128 heavy (non-hydrogen) atoms. The van der Waals surface area contributed by atoms with Gasteiger partial charge in [-0.2, -0.15) is 4.57 Å². The summed E-state index contributed by atoms with van der Waals surface area (Å²) in [4.78, 5) is 20.3. The van der Waals surface area contributed by atoms with Crippen LogP contribution in [0.5, 0.6) is 0 Å². The Morgan fingerprint density at radius 2 is 0.492 bits per heavy atom. The molecule has 1 N–H and O–H groups in total. The van der Waals surface area contributed by atoms with Gasteiger partial charge in [0.25, 0.3) is 5.82 Å². The average molecular weight is 1630 g/mol. The predicted molar refractivity (Wildman–Crippen MR) is 538 cm³/mol. The van der Waals surface area contributed by atoms with Crippen molar-refractivity contribution in [1.29, 1.82) is 0 Å². The highest BCUT2D eigenvalue weighted by atomic mass is 16.3. The number of para-hydroxylation sites is 3. The van der Waals surface area contributed by atoms with E-state index in [1.807, 2.05) is 0 Å². The van der Waals surface area contributed by atoms with Gasteiger partial charge in [-0.3, -0.25) is 0 Å². The third kappa shape index (κ3) is 11.7. The number of fused-ring (bicyclic) bond motifs is 25. The minimum absolute atomic E-state index is 0.611. The number of oxazole rings is 1. The Kier molecular flexibility index (Phi) is 16.6. The van der Waals surface area contributed by atoms with Crippen LogP contribution < -0.4 is 4.57 Å². The molecule has 0 atom stereocenters. The van der Waals surface area contributed by atoms with E-state index in [2.05, 4.69) is 452 Å². The van der Waals surface area contributed by atoms with Crippen LogP contribution in [0.2, 0.25) is 0 Å². The van der Waals surface area contributed by atoms with Crippen LogP contribution in [-0.2, 0) is 0 Å². The SMILES string of the molecule is c1ccc(-[n+]2c(-c3ccc(-c4cc5c(-c6cc7ccccc7c7ccccc67)cc(-c6cc7ccccc7c7ccccc67)nc5c5ccccc45)cc3)[nH]c3ccccc32)cc1.c1ccc2c(c1)cc(-c1cc(-c3cc4ccccc4c4ccccc34)c3cc(-c4ccc(-c5nc6c7ccccc7c7ccccc7c6o5)cc4)c4ccccc4c3n1)c1ccccc12. The first-order chi connectivity index (χ1) is 63.5. The van der Waals surface area contributed by atoms with Crippen molar-refractivity contribution in [2.24, 2.45) is 0 Å². The van der Waals surface area contributed by atoms with E-state index in [0.29, 0.717) is 5.89 Å². The van der Waals surface area contributed by atoms with E-state index < -0.39 is 0 Å². The monoisotopic (exact) mass is 1620 g/mol. The number of imidazole rings is 1. The Balaban J connectivity index is 0.000000136. The van der Waals surface area contributed by atoms with E-state index in [-0.39, 0.29) is 0 Å². The van der Waals surface area contributed by atoms with Crippen molar-refractivity contribution >= 4 is 173 Å². The summed E-state index contributed by atoms with van der Waals surface area (Å²) in [6.07, 6.45) is 0. The molecular formula is C122H74N5O+. The molecule has 23 aromatic carbocycles. The van der Waals surface area contributed by atoms with E-state index >= 15 is 0 Å². The number of aromatic nitrogens is 5. The largest absolute Gasteiger partial charge is 0.435 e. The molecule has 0 saturated carbocycles. The molecule has 0 aliphatic carbocycles. The molecule has 0 aliphatic heterocycles. The fourth-order valence-corrected chi connectivity index (χ4v) is 20.8. The molecule has 592 valence electrons. The maximum atomic E-state index is 6.66. The van der Waals surface area contributed by atoms with E-state index in [1.165, 1.54) is 125 Å². The van der Waals surface area contributed by atoms with E-state index in [1.54, 1.807) is 0 Å². The van der Waals surface area contributed by atoms with Gasteiger partial charge >= 0.3 is 0 Å². The number of hydrogen-bond acceptors (Lipinski definition) is 4. The first kappa shape index (κ1) is 72.6. The lowest BCUT2D eigenvalue weighted by Crippen LogP contribution is -2.31. The summed E-state index contributed by atoms with van der Waals surface area (Å²) in [5.41, 5.74) is 22.5. The van der Waals surface area contributed by atoms with Crippen LogP contribution in [0.15, 0.2) is 447 Å². The standard InChI is InChI=1S/C62H36N2O.C60H37N3/c1-3-17-41-39(15-1)33-54(47-23-7-5-19-43(41)47)55-36-58(56-34-40-16-2-4-18-42(40)44-20-6-8-24-48(44)56)63-59-50-26-12-10-25-49(50)53(35-57(55)59)37-29-31-38(32-30-37)62-64-60-51-27-13-9-21-45(51)46-22-11-14-28-52(46)61(60)65-62;1-2-18-42(19-3-1)63-58-29-15-14-28-56(58)62-60(63)39-32-30-38(31-33-39)51-36-55-53(52-34-40-16-4-6-20-43(40)45-22-8-10-24-47(45)52)37-57(61-59(55)50-27-13-12-26-49(50)51)54-35-41-17-5-7-21-44(41)46-23-9-11-25-48(46)54/h1-36H;1-37H/p+1. The van der Waals surface area contributed by atoms with Gasteiger partial charge in [-0.15, -0.1) is 0 Å². The summed E-state index contributed by atoms with van der Waals surface area (Å²) >= 11 is 0. The van der Waals surface area contributed by atoms with E-state index in [0.717, 1.165) is 138 Å². The summed E-state index contributed by atoms with van der Waals surface area (Å²) in [6.45, 7) is 0. The van der Waals surface area contributed by atoms with Crippen molar-refractivity contribution in [3.63, 3.8) is 0 Å². The topological polar surface area (TPSA) is 71.5 Å². The number of nitrogens with zero attached hydrogens (tertiary/aromatic N) is 4. The zero-order chi connectivity index (χ0) is 84.0. The van der Waals surface area contributed by atoms with Crippen molar-refractivity contribution < 1.29 is 8.98 Å². The third-order valence-electron chi connectivity index (χ3n) is 26.7. The molecule has 0 amide bonds. The predicted octanol–water partition coefficient (Wildman–Crippen LogP) is 32.5. The molecule has 27 aromatic rings. The maximum absolute atomic E-state index is 6.66. The number of nitrogens with one attached hydrogen (secondary N) is 1. The van der Waals surface area contributed by atoms with Gasteiger partial charge in [0.15, 0.2) is 16.6 Å². The van der Waals surface area contributed by atoms with Crippen LogP contribution in [0, 0.1) is 0 Å². The highest BCUT2D eigenvalue weighted by Crippen LogP contribution is 2.50. The molecule has 27 rings (SSSR count). The molecule has 4 aromatic heterocycles. The molecule has 0 aliphatic rings. The lowest BCUT2D eigenvalue weighted by molar-refractivity contribution is -0.554. The second kappa shape index (κ2) is 29.3. The lowest BCUT2D eigenvalue weighted by atomic mass is 9.87. The summed E-state index contributed by atoms with van der Waals surface area (Å²) in [7, 11) is 0. The highest BCUT2D eigenvalue weighted by Gasteiger charge is 2.27. The number of pyridine rings is 2. The van der Waals surface area contributed by atoms with Crippen molar-refractivity contribution in [3.05, 3.63) is 443 Å². The van der Waals surface area contributed by atoms with Crippen molar-refractivity contribution in [3.8, 4) is 95.6 Å². The van der Waals surface area contributed by atoms with Gasteiger partial charge in [0, 0.05) is 49.0 Å². The van der Waals surface area contributed by atoms with Crippen LogP contribution >= 0.6 is 0 Å². The quantitative estimate of drug-likeness (QED) is 0.115. The molecule has 0 bridgehead atoms. The first-order valence-electron chi connectivity index (χ1n) is 43.8. The van der Waals surface area contributed by atoms with Gasteiger partial charge in [-0.1, -0.05) is 346 Å². The Hall–Kier alpha value is -17.1. The third-order valence-corrected chi connectivity index (χ3v) is 26.7. The average Bonchev–Trinajstić information content (AvgIpc) is 0.876. The Morgan fingerprint density at radius 1 is 0.195 bits per heavy atom. The second-order valence-electron chi connectivity index (χ2n) is 33.7. The lowest BCUT2D eigenvalue weighted by Gasteiger charge is -2.18. The summed E-state index contributed by atoms with van der Waals surface area (Å²) < 4.78 is 8.98. The Labute approximate surface area is 735 Å². The number of aromatic amines is 1. The van der Waals surface area contributed by atoms with Gasteiger partial charge in [-0.25, -0.2) is 19.9 Å². The minimum atomic E-state index is 0.611. The molecule has 0 unspecified atom stereocenters.